The Morgan fingerprint density at radius 3 is 2.59 bits per heavy atom. The molecule has 0 saturated heterocycles. The van der Waals surface area contributed by atoms with Crippen molar-refractivity contribution in [3.05, 3.63) is 29.6 Å². The van der Waals surface area contributed by atoms with Crippen molar-refractivity contribution in [2.45, 2.75) is 26.4 Å². The lowest BCUT2D eigenvalue weighted by molar-refractivity contribution is 0.274. The molecule has 2 N–H and O–H groups in total. The van der Waals surface area contributed by atoms with Crippen LogP contribution in [-0.2, 0) is 6.61 Å². The molecule has 0 aromatic heterocycles. The Morgan fingerprint density at radius 2 is 2.00 bits per heavy atom. The van der Waals surface area contributed by atoms with Gasteiger partial charge in [-0.15, -0.1) is 0 Å². The minimum absolute atomic E-state index is 0.0189. The molecule has 1 aromatic carbocycles. The van der Waals surface area contributed by atoms with Gasteiger partial charge in [0.15, 0.2) is 0 Å². The second kappa shape index (κ2) is 7.25. The molecule has 1 rings (SSSR count). The van der Waals surface area contributed by atoms with Gasteiger partial charge in [-0.25, -0.2) is 4.39 Å². The first-order valence-corrected chi connectivity index (χ1v) is 5.98. The number of benzene rings is 1. The first kappa shape index (κ1) is 13.9. The predicted molar refractivity (Wildman–Crippen MR) is 66.5 cm³/mol. The normalized spacial score (nSPS) is 10.6. The van der Waals surface area contributed by atoms with Crippen molar-refractivity contribution in [3.8, 4) is 0 Å². The summed E-state index contributed by atoms with van der Waals surface area (Å²) in [5.41, 5.74) is 0.979. The average Bonchev–Trinajstić information content (AvgIpc) is 2.34. The third kappa shape index (κ3) is 3.68. The molecular formula is C13H20FNO2. The SMILES string of the molecule is CCCCN(CCO)c1cccc(F)c1CO. The van der Waals surface area contributed by atoms with E-state index in [0.29, 0.717) is 17.8 Å². The zero-order valence-electron chi connectivity index (χ0n) is 10.2. The van der Waals surface area contributed by atoms with Gasteiger partial charge in [0.2, 0.25) is 0 Å². The largest absolute Gasteiger partial charge is 0.395 e. The molecule has 0 spiro atoms. The van der Waals surface area contributed by atoms with Gasteiger partial charge < -0.3 is 15.1 Å². The number of rotatable bonds is 7. The molecular weight excluding hydrogens is 221 g/mol. The van der Waals surface area contributed by atoms with E-state index in [1.54, 1.807) is 12.1 Å². The Bertz CT molecular complexity index is 344. The van der Waals surface area contributed by atoms with E-state index >= 15 is 0 Å². The van der Waals surface area contributed by atoms with Gasteiger partial charge in [-0.3, -0.25) is 0 Å². The third-order valence-corrected chi connectivity index (χ3v) is 2.74. The first-order valence-electron chi connectivity index (χ1n) is 5.98. The topological polar surface area (TPSA) is 43.7 Å². The molecule has 4 heteroatoms. The monoisotopic (exact) mass is 241 g/mol. The molecule has 0 atom stereocenters. The molecule has 1 aromatic rings. The Hall–Kier alpha value is -1.13. The summed E-state index contributed by atoms with van der Waals surface area (Å²) in [7, 11) is 0. The Balaban J connectivity index is 2.95. The fourth-order valence-corrected chi connectivity index (χ4v) is 1.82. The highest BCUT2D eigenvalue weighted by atomic mass is 19.1. The Kier molecular flexibility index (Phi) is 5.94. The number of halogens is 1. The van der Waals surface area contributed by atoms with Crippen molar-refractivity contribution < 1.29 is 14.6 Å². The summed E-state index contributed by atoms with van der Waals surface area (Å²) < 4.78 is 13.5. The zero-order valence-corrected chi connectivity index (χ0v) is 10.2. The van der Waals surface area contributed by atoms with Crippen LogP contribution in [0.15, 0.2) is 18.2 Å². The Morgan fingerprint density at radius 1 is 1.24 bits per heavy atom. The van der Waals surface area contributed by atoms with Crippen molar-refractivity contribution >= 4 is 5.69 Å². The van der Waals surface area contributed by atoms with Gasteiger partial charge in [0.05, 0.1) is 13.2 Å². The van der Waals surface area contributed by atoms with Gasteiger partial charge in [0.1, 0.15) is 5.82 Å². The van der Waals surface area contributed by atoms with E-state index in [-0.39, 0.29) is 13.2 Å². The van der Waals surface area contributed by atoms with E-state index in [0.717, 1.165) is 19.4 Å². The van der Waals surface area contributed by atoms with Crippen LogP contribution in [0.5, 0.6) is 0 Å². The van der Waals surface area contributed by atoms with Crippen molar-refractivity contribution in [1.82, 2.24) is 0 Å². The van der Waals surface area contributed by atoms with Gasteiger partial charge >= 0.3 is 0 Å². The summed E-state index contributed by atoms with van der Waals surface area (Å²) in [4.78, 5) is 1.91. The molecule has 0 bridgehead atoms. The number of hydrogen-bond acceptors (Lipinski definition) is 3. The summed E-state index contributed by atoms with van der Waals surface area (Å²) in [5, 5.41) is 18.2. The molecule has 0 aliphatic carbocycles. The standard InChI is InChI=1S/C13H20FNO2/c1-2-3-7-15(8-9-16)13-6-4-5-12(14)11(13)10-17/h4-6,16-17H,2-3,7-10H2,1H3. The summed E-state index contributed by atoms with van der Waals surface area (Å²) in [6.07, 6.45) is 2.01. The fourth-order valence-electron chi connectivity index (χ4n) is 1.82. The predicted octanol–water partition coefficient (Wildman–Crippen LogP) is 1.92. The summed E-state index contributed by atoms with van der Waals surface area (Å²) in [6.45, 7) is 2.99. The van der Waals surface area contributed by atoms with Crippen molar-refractivity contribution in [2.75, 3.05) is 24.6 Å². The van der Waals surface area contributed by atoms with Crippen molar-refractivity contribution in [3.63, 3.8) is 0 Å². The molecule has 0 amide bonds. The molecule has 3 nitrogen and oxygen atoms in total. The maximum absolute atomic E-state index is 13.5. The van der Waals surface area contributed by atoms with Gasteiger partial charge in [0.25, 0.3) is 0 Å². The molecule has 96 valence electrons. The van der Waals surface area contributed by atoms with Crippen LogP contribution in [0, 0.1) is 5.82 Å². The van der Waals surface area contributed by atoms with Crippen LogP contribution in [0.25, 0.3) is 0 Å². The van der Waals surface area contributed by atoms with Crippen LogP contribution >= 0.6 is 0 Å². The smallest absolute Gasteiger partial charge is 0.130 e. The lowest BCUT2D eigenvalue weighted by atomic mass is 10.1. The van der Waals surface area contributed by atoms with Gasteiger partial charge in [-0.1, -0.05) is 19.4 Å². The second-order valence-electron chi connectivity index (χ2n) is 3.96. The van der Waals surface area contributed by atoms with E-state index in [1.165, 1.54) is 6.07 Å². The minimum atomic E-state index is -0.399. The summed E-state index contributed by atoms with van der Waals surface area (Å²) >= 11 is 0. The third-order valence-electron chi connectivity index (χ3n) is 2.74. The van der Waals surface area contributed by atoms with Gasteiger partial charge in [-0.05, 0) is 18.6 Å². The fraction of sp³-hybridized carbons (Fsp3) is 0.538. The van der Waals surface area contributed by atoms with E-state index in [4.69, 9.17) is 5.11 Å². The van der Waals surface area contributed by atoms with Gasteiger partial charge in [0, 0.05) is 24.3 Å². The summed E-state index contributed by atoms with van der Waals surface area (Å²) in [5.74, 6) is -0.399. The average molecular weight is 241 g/mol. The van der Waals surface area contributed by atoms with Crippen molar-refractivity contribution in [2.24, 2.45) is 0 Å². The van der Waals surface area contributed by atoms with Crippen LogP contribution in [0.4, 0.5) is 10.1 Å². The van der Waals surface area contributed by atoms with E-state index < -0.39 is 5.82 Å². The molecule has 0 aliphatic rings. The molecule has 17 heavy (non-hydrogen) atoms. The van der Waals surface area contributed by atoms with E-state index in [9.17, 15) is 9.50 Å². The van der Waals surface area contributed by atoms with E-state index in [2.05, 4.69) is 6.92 Å². The van der Waals surface area contributed by atoms with Crippen LogP contribution in [0.2, 0.25) is 0 Å². The molecule has 0 radical (unpaired) electrons. The lowest BCUT2D eigenvalue weighted by Crippen LogP contribution is -2.29. The number of unbranched alkanes of at least 4 members (excludes halogenated alkanes) is 1. The maximum Gasteiger partial charge on any atom is 0.130 e. The van der Waals surface area contributed by atoms with E-state index in [1.807, 2.05) is 4.90 Å². The highest BCUT2D eigenvalue weighted by molar-refractivity contribution is 5.54. The summed E-state index contributed by atoms with van der Waals surface area (Å²) in [6, 6.07) is 4.74. The first-order chi connectivity index (χ1) is 8.24. The molecule has 0 fully saturated rings. The minimum Gasteiger partial charge on any atom is -0.395 e. The van der Waals surface area contributed by atoms with Crippen molar-refractivity contribution in [1.29, 1.82) is 0 Å². The molecule has 0 aliphatic heterocycles. The van der Waals surface area contributed by atoms with Crippen LogP contribution in [0.1, 0.15) is 25.3 Å². The lowest BCUT2D eigenvalue weighted by Gasteiger charge is -2.26. The van der Waals surface area contributed by atoms with Crippen LogP contribution in [-0.4, -0.2) is 29.9 Å². The zero-order chi connectivity index (χ0) is 12.7. The molecule has 0 heterocycles. The number of hydrogen-bond donors (Lipinski definition) is 2. The number of aliphatic hydroxyl groups excluding tert-OH is 2. The molecule has 0 saturated carbocycles. The second-order valence-corrected chi connectivity index (χ2v) is 3.96. The maximum atomic E-state index is 13.5. The molecule has 0 unspecified atom stereocenters. The number of nitrogens with zero attached hydrogens (tertiary/aromatic N) is 1. The number of aliphatic hydroxyl groups is 2. The van der Waals surface area contributed by atoms with Gasteiger partial charge in [-0.2, -0.15) is 0 Å². The quantitative estimate of drug-likeness (QED) is 0.766. The Labute approximate surface area is 101 Å². The number of anilines is 1. The van der Waals surface area contributed by atoms with Crippen LogP contribution < -0.4 is 4.90 Å². The highest BCUT2D eigenvalue weighted by Crippen LogP contribution is 2.23. The van der Waals surface area contributed by atoms with Crippen LogP contribution in [0.3, 0.4) is 0 Å². The highest BCUT2D eigenvalue weighted by Gasteiger charge is 2.13.